The van der Waals surface area contributed by atoms with Crippen molar-refractivity contribution in [3.05, 3.63) is 64.6 Å². The highest BCUT2D eigenvalue weighted by molar-refractivity contribution is 9.10. The molecular weight excluding hydrogens is 340 g/mol. The summed E-state index contributed by atoms with van der Waals surface area (Å²) in [7, 11) is 1.82. The highest BCUT2D eigenvalue weighted by Gasteiger charge is 2.24. The van der Waals surface area contributed by atoms with E-state index in [-0.39, 0.29) is 18.0 Å². The average Bonchev–Trinajstić information content (AvgIpc) is 2.54. The minimum atomic E-state index is -0.146. The summed E-state index contributed by atoms with van der Waals surface area (Å²) in [5.41, 5.74) is 2.12. The van der Waals surface area contributed by atoms with Crippen LogP contribution in [-0.2, 0) is 4.79 Å². The molecule has 0 radical (unpaired) electrons. The summed E-state index contributed by atoms with van der Waals surface area (Å²) in [6.07, 6.45) is 0. The van der Waals surface area contributed by atoms with Crippen LogP contribution in [0.4, 0.5) is 5.69 Å². The van der Waals surface area contributed by atoms with Crippen LogP contribution in [-0.4, -0.2) is 19.0 Å². The Hall–Kier alpha value is -1.65. The predicted molar refractivity (Wildman–Crippen MR) is 93.8 cm³/mol. The second-order valence-corrected chi connectivity index (χ2v) is 6.38. The van der Waals surface area contributed by atoms with Crippen LogP contribution in [0.5, 0.6) is 0 Å². The van der Waals surface area contributed by atoms with Gasteiger partial charge in [-0.2, -0.15) is 0 Å². The van der Waals surface area contributed by atoms with Crippen molar-refractivity contribution >= 4 is 27.5 Å². The fourth-order valence-electron chi connectivity index (χ4n) is 2.55. The molecule has 4 heteroatoms. The molecule has 0 aliphatic carbocycles. The van der Waals surface area contributed by atoms with Gasteiger partial charge in [0.1, 0.15) is 6.04 Å². The minimum Gasteiger partial charge on any atom is -0.330 e. The molecule has 2 atom stereocenters. The monoisotopic (exact) mass is 361 g/mol. The van der Waals surface area contributed by atoms with E-state index in [9.17, 15) is 4.79 Å². The van der Waals surface area contributed by atoms with Crippen molar-refractivity contribution in [1.29, 1.82) is 0 Å². The van der Waals surface area contributed by atoms with Gasteiger partial charge in [0.05, 0.1) is 0 Å². The van der Waals surface area contributed by atoms with Crippen LogP contribution in [0.1, 0.15) is 25.5 Å². The molecule has 2 rings (SSSR count). The number of likely N-dealkylation sites (N-methyl/N-ethyl adjacent to an activating group) is 1. The Kier molecular flexibility index (Phi) is 5.75. The van der Waals surface area contributed by atoms with Crippen molar-refractivity contribution in [3.63, 3.8) is 0 Å². The van der Waals surface area contributed by atoms with Gasteiger partial charge in [0.15, 0.2) is 6.04 Å². The van der Waals surface area contributed by atoms with Crippen molar-refractivity contribution in [2.45, 2.75) is 25.9 Å². The lowest BCUT2D eigenvalue weighted by atomic mass is 10.1. The normalized spacial score (nSPS) is 13.5. The molecule has 0 spiro atoms. The van der Waals surface area contributed by atoms with Gasteiger partial charge in [0.25, 0.3) is 5.91 Å². The number of halogens is 1. The van der Waals surface area contributed by atoms with Gasteiger partial charge < -0.3 is 10.2 Å². The average molecular weight is 362 g/mol. The maximum atomic E-state index is 12.6. The van der Waals surface area contributed by atoms with Gasteiger partial charge >= 0.3 is 0 Å². The van der Waals surface area contributed by atoms with Crippen molar-refractivity contribution in [3.8, 4) is 0 Å². The molecule has 3 nitrogen and oxygen atoms in total. The highest BCUT2D eigenvalue weighted by Crippen LogP contribution is 2.20. The van der Waals surface area contributed by atoms with Crippen LogP contribution in [0.2, 0.25) is 0 Å². The van der Waals surface area contributed by atoms with Crippen molar-refractivity contribution in [1.82, 2.24) is 0 Å². The number of amides is 1. The number of nitrogens with two attached hydrogens (primary N) is 1. The van der Waals surface area contributed by atoms with Crippen molar-refractivity contribution in [2.75, 3.05) is 11.9 Å². The van der Waals surface area contributed by atoms with Gasteiger partial charge in [0, 0.05) is 22.8 Å². The number of carbonyl (C=O) groups excluding carboxylic acids is 1. The van der Waals surface area contributed by atoms with E-state index in [0.717, 1.165) is 10.2 Å². The van der Waals surface area contributed by atoms with E-state index in [4.69, 9.17) is 0 Å². The molecule has 0 aliphatic heterocycles. The van der Waals surface area contributed by atoms with Crippen LogP contribution in [0.15, 0.2) is 59.1 Å². The zero-order valence-corrected chi connectivity index (χ0v) is 14.7. The van der Waals surface area contributed by atoms with Gasteiger partial charge in [0.2, 0.25) is 0 Å². The first-order chi connectivity index (χ1) is 10.5. The summed E-state index contributed by atoms with van der Waals surface area (Å²) in [5.74, 6) is 0.102. The lowest BCUT2D eigenvalue weighted by Gasteiger charge is -2.23. The second kappa shape index (κ2) is 7.56. The molecule has 0 aromatic heterocycles. The smallest absolute Gasteiger partial charge is 0.284 e. The zero-order chi connectivity index (χ0) is 16.1. The van der Waals surface area contributed by atoms with Crippen molar-refractivity contribution < 1.29 is 10.1 Å². The molecule has 0 bridgehead atoms. The van der Waals surface area contributed by atoms with Gasteiger partial charge in [-0.15, -0.1) is 0 Å². The highest BCUT2D eigenvalue weighted by atomic mass is 79.9. The van der Waals surface area contributed by atoms with Gasteiger partial charge in [-0.3, -0.25) is 4.79 Å². The molecule has 116 valence electrons. The van der Waals surface area contributed by atoms with Crippen LogP contribution < -0.4 is 10.2 Å². The summed E-state index contributed by atoms with van der Waals surface area (Å²) in [5, 5.41) is 2.10. The molecular formula is C18H22BrN2O+. The molecule has 2 aromatic carbocycles. The first-order valence-corrected chi connectivity index (χ1v) is 8.22. The lowest BCUT2D eigenvalue weighted by molar-refractivity contribution is -0.710. The molecule has 0 heterocycles. The molecule has 2 aromatic rings. The molecule has 0 unspecified atom stereocenters. The third-order valence-corrected chi connectivity index (χ3v) is 4.56. The molecule has 1 amide bonds. The zero-order valence-electron chi connectivity index (χ0n) is 13.2. The fourth-order valence-corrected chi connectivity index (χ4v) is 3.19. The van der Waals surface area contributed by atoms with Crippen LogP contribution in [0.25, 0.3) is 0 Å². The van der Waals surface area contributed by atoms with Crippen LogP contribution in [0.3, 0.4) is 0 Å². The van der Waals surface area contributed by atoms with Gasteiger partial charge in [-0.1, -0.05) is 52.3 Å². The maximum Gasteiger partial charge on any atom is 0.284 e. The minimum absolute atomic E-state index is 0.102. The molecule has 22 heavy (non-hydrogen) atoms. The Morgan fingerprint density at radius 3 is 2.27 bits per heavy atom. The fraction of sp³-hybridized carbons (Fsp3) is 0.278. The summed E-state index contributed by atoms with van der Waals surface area (Å²) < 4.78 is 1.08. The lowest BCUT2D eigenvalue weighted by Crippen LogP contribution is -2.92. The summed E-state index contributed by atoms with van der Waals surface area (Å²) in [6.45, 7) is 4.07. The Balaban J connectivity index is 2.04. The van der Waals surface area contributed by atoms with Gasteiger partial charge in [-0.05, 0) is 32.0 Å². The largest absolute Gasteiger partial charge is 0.330 e. The number of para-hydroxylation sites is 1. The summed E-state index contributed by atoms with van der Waals surface area (Å²) in [6, 6.07) is 17.9. The van der Waals surface area contributed by atoms with Crippen LogP contribution >= 0.6 is 15.9 Å². The molecule has 0 saturated heterocycles. The van der Waals surface area contributed by atoms with Crippen molar-refractivity contribution in [2.24, 2.45) is 0 Å². The van der Waals surface area contributed by atoms with E-state index in [1.165, 1.54) is 5.56 Å². The third-order valence-electron chi connectivity index (χ3n) is 3.84. The number of hydrogen-bond acceptors (Lipinski definition) is 1. The number of nitrogens with zero attached hydrogens (tertiary/aromatic N) is 1. The number of benzene rings is 2. The summed E-state index contributed by atoms with van der Waals surface area (Å²) >= 11 is 3.57. The number of hydrogen-bond donors (Lipinski definition) is 1. The number of anilines is 1. The maximum absolute atomic E-state index is 12.6. The Bertz CT molecular complexity index is 630. The predicted octanol–water partition coefficient (Wildman–Crippen LogP) is 3.13. The standard InChI is InChI=1S/C18H21BrN2O/c1-13(16-11-7-8-12-17(16)19)20-14(2)18(22)21(3)15-9-5-4-6-10-15/h4-14,20H,1-3H3/p+1/t13-,14-/m0/s1. The quantitative estimate of drug-likeness (QED) is 0.872. The van der Waals surface area contributed by atoms with E-state index in [0.29, 0.717) is 0 Å². The first-order valence-electron chi connectivity index (χ1n) is 7.42. The van der Waals surface area contributed by atoms with E-state index in [2.05, 4.69) is 34.2 Å². The van der Waals surface area contributed by atoms with E-state index >= 15 is 0 Å². The SMILES string of the molecule is C[C@H]([NH2+][C@@H](C)c1ccccc1Br)C(=O)N(C)c1ccccc1. The Morgan fingerprint density at radius 1 is 1.05 bits per heavy atom. The number of quaternary nitrogens is 1. The second-order valence-electron chi connectivity index (χ2n) is 5.52. The number of carbonyl (C=O) groups is 1. The van der Waals surface area contributed by atoms with Gasteiger partial charge in [-0.25, -0.2) is 0 Å². The Morgan fingerprint density at radius 2 is 1.64 bits per heavy atom. The first kappa shape index (κ1) is 16.7. The molecule has 0 saturated carbocycles. The number of rotatable bonds is 5. The van der Waals surface area contributed by atoms with E-state index < -0.39 is 0 Å². The van der Waals surface area contributed by atoms with E-state index in [1.54, 1.807) is 4.90 Å². The summed E-state index contributed by atoms with van der Waals surface area (Å²) in [4.78, 5) is 14.3. The van der Waals surface area contributed by atoms with Crippen LogP contribution in [0, 0.1) is 0 Å². The topological polar surface area (TPSA) is 36.9 Å². The third kappa shape index (κ3) is 3.96. The molecule has 0 fully saturated rings. The molecule has 2 N–H and O–H groups in total. The Labute approximate surface area is 140 Å². The van der Waals surface area contributed by atoms with E-state index in [1.807, 2.05) is 62.5 Å². The molecule has 0 aliphatic rings.